The summed E-state index contributed by atoms with van der Waals surface area (Å²) in [5.74, 6) is -0.0301. The largest absolute Gasteiger partial charge is 0.352 e. The number of hydrogen-bond donors (Lipinski definition) is 1. The van der Waals surface area contributed by atoms with Crippen molar-refractivity contribution in [3.8, 4) is 5.69 Å². The van der Waals surface area contributed by atoms with E-state index in [2.05, 4.69) is 15.5 Å². The highest BCUT2D eigenvalue weighted by atomic mass is 19.1. The van der Waals surface area contributed by atoms with E-state index < -0.39 is 11.4 Å². The van der Waals surface area contributed by atoms with Gasteiger partial charge in [0.2, 0.25) is 11.6 Å². The molecular weight excluding hydrogens is 385 g/mol. The number of aromatic nitrogens is 4. The van der Waals surface area contributed by atoms with Crippen molar-refractivity contribution in [1.29, 1.82) is 0 Å². The molecule has 0 aliphatic rings. The number of aryl methyl sites for hydroxylation is 2. The van der Waals surface area contributed by atoms with Crippen molar-refractivity contribution in [1.82, 2.24) is 24.5 Å². The maximum absolute atomic E-state index is 13.5. The Hall–Kier alpha value is -3.81. The smallest absolute Gasteiger partial charge is 0.300 e. The number of carbonyl (C=O) groups excluding carboxylic acids is 1. The molecule has 1 N–H and O–H groups in total. The van der Waals surface area contributed by atoms with Gasteiger partial charge in [-0.15, -0.1) is 10.2 Å². The Morgan fingerprint density at radius 1 is 1.10 bits per heavy atom. The maximum Gasteiger partial charge on any atom is 0.300 e. The Bertz CT molecular complexity index is 1260. The summed E-state index contributed by atoms with van der Waals surface area (Å²) >= 11 is 0. The van der Waals surface area contributed by atoms with Crippen LogP contribution in [0.1, 0.15) is 23.4 Å². The third-order valence-electron chi connectivity index (χ3n) is 4.81. The number of hydrogen-bond acceptors (Lipinski definition) is 4. The lowest BCUT2D eigenvalue weighted by molar-refractivity contribution is -0.121. The second-order valence-corrected chi connectivity index (χ2v) is 7.03. The zero-order valence-electron chi connectivity index (χ0n) is 16.4. The minimum atomic E-state index is -0.432. The van der Waals surface area contributed by atoms with Crippen LogP contribution in [0.25, 0.3) is 11.3 Å². The number of amides is 1. The molecule has 30 heavy (non-hydrogen) atoms. The molecule has 2 heterocycles. The molecule has 0 bridgehead atoms. The molecule has 0 atom stereocenters. The number of carbonyl (C=O) groups is 1. The van der Waals surface area contributed by atoms with Crippen molar-refractivity contribution < 1.29 is 9.18 Å². The number of benzene rings is 2. The molecule has 2 aromatic carbocycles. The van der Waals surface area contributed by atoms with Gasteiger partial charge in [0.25, 0.3) is 0 Å². The lowest BCUT2D eigenvalue weighted by Crippen LogP contribution is -2.23. The van der Waals surface area contributed by atoms with Gasteiger partial charge in [-0.05, 0) is 30.7 Å². The normalized spacial score (nSPS) is 11.0. The Labute approximate surface area is 171 Å². The Morgan fingerprint density at radius 3 is 2.67 bits per heavy atom. The monoisotopic (exact) mass is 405 g/mol. The molecular formula is C22H20FN5O2. The average Bonchev–Trinajstić information content (AvgIpc) is 3.16. The molecule has 4 aromatic rings. The van der Waals surface area contributed by atoms with Crippen LogP contribution >= 0.6 is 0 Å². The highest BCUT2D eigenvalue weighted by Crippen LogP contribution is 2.09. The second-order valence-electron chi connectivity index (χ2n) is 7.03. The summed E-state index contributed by atoms with van der Waals surface area (Å²) in [7, 11) is 0. The highest BCUT2D eigenvalue weighted by molar-refractivity contribution is 5.76. The molecule has 0 fully saturated rings. The first-order chi connectivity index (χ1) is 14.5. The van der Waals surface area contributed by atoms with Gasteiger partial charge in [-0.2, -0.15) is 0 Å². The number of fused-ring (bicyclic) bond motifs is 1. The van der Waals surface area contributed by atoms with Crippen LogP contribution in [0.2, 0.25) is 0 Å². The molecule has 0 radical (unpaired) electrons. The topological polar surface area (TPSA) is 81.3 Å². The van der Waals surface area contributed by atoms with Crippen LogP contribution in [-0.4, -0.2) is 25.1 Å². The van der Waals surface area contributed by atoms with E-state index in [4.69, 9.17) is 0 Å². The van der Waals surface area contributed by atoms with Crippen LogP contribution in [0.5, 0.6) is 0 Å². The van der Waals surface area contributed by atoms with E-state index >= 15 is 0 Å². The molecule has 0 saturated carbocycles. The molecule has 8 heteroatoms. The first-order valence-corrected chi connectivity index (χ1v) is 9.55. The van der Waals surface area contributed by atoms with E-state index in [0.29, 0.717) is 24.5 Å². The van der Waals surface area contributed by atoms with E-state index in [1.54, 1.807) is 16.7 Å². The fourth-order valence-corrected chi connectivity index (χ4v) is 3.15. The Morgan fingerprint density at radius 2 is 1.90 bits per heavy atom. The number of nitrogens with one attached hydrogen (secondary N) is 1. The highest BCUT2D eigenvalue weighted by Gasteiger charge is 2.13. The van der Waals surface area contributed by atoms with Crippen molar-refractivity contribution in [2.24, 2.45) is 0 Å². The summed E-state index contributed by atoms with van der Waals surface area (Å²) < 4.78 is 16.4. The average molecular weight is 405 g/mol. The van der Waals surface area contributed by atoms with Crippen molar-refractivity contribution >= 4 is 11.6 Å². The molecule has 4 rings (SSSR count). The summed E-state index contributed by atoms with van der Waals surface area (Å²) in [6.07, 6.45) is 3.74. The zero-order chi connectivity index (χ0) is 21.1. The summed E-state index contributed by atoms with van der Waals surface area (Å²) in [5.41, 5.74) is 2.31. The van der Waals surface area contributed by atoms with E-state index in [9.17, 15) is 14.0 Å². The first-order valence-electron chi connectivity index (χ1n) is 9.55. The number of nitrogens with zero attached hydrogens (tertiary/aromatic N) is 4. The lowest BCUT2D eigenvalue weighted by Gasteiger charge is -2.07. The van der Waals surface area contributed by atoms with Gasteiger partial charge in [-0.25, -0.2) is 4.39 Å². The van der Waals surface area contributed by atoms with Gasteiger partial charge < -0.3 is 5.32 Å². The minimum Gasteiger partial charge on any atom is -0.352 e. The van der Waals surface area contributed by atoms with Crippen molar-refractivity contribution in [2.75, 3.05) is 0 Å². The molecule has 0 spiro atoms. The van der Waals surface area contributed by atoms with E-state index in [1.807, 2.05) is 31.2 Å². The predicted molar refractivity (Wildman–Crippen MR) is 110 cm³/mol. The van der Waals surface area contributed by atoms with Crippen LogP contribution in [0.15, 0.2) is 65.7 Å². The fourth-order valence-electron chi connectivity index (χ4n) is 3.15. The van der Waals surface area contributed by atoms with Crippen molar-refractivity contribution in [3.63, 3.8) is 0 Å². The third kappa shape index (κ3) is 4.12. The molecule has 1 amide bonds. The van der Waals surface area contributed by atoms with Gasteiger partial charge in [0.15, 0.2) is 0 Å². The van der Waals surface area contributed by atoms with Gasteiger partial charge in [-0.3, -0.25) is 18.6 Å². The number of rotatable bonds is 6. The molecule has 7 nitrogen and oxygen atoms in total. The lowest BCUT2D eigenvalue weighted by atomic mass is 10.1. The minimum absolute atomic E-state index is 0.111. The van der Waals surface area contributed by atoms with Gasteiger partial charge in [0.05, 0.1) is 5.69 Å². The van der Waals surface area contributed by atoms with E-state index in [0.717, 1.165) is 5.56 Å². The van der Waals surface area contributed by atoms with Gasteiger partial charge in [0.1, 0.15) is 11.6 Å². The van der Waals surface area contributed by atoms with Crippen LogP contribution in [-0.2, 0) is 17.8 Å². The second kappa shape index (κ2) is 8.28. The number of halogens is 1. The van der Waals surface area contributed by atoms with Gasteiger partial charge in [0, 0.05) is 31.8 Å². The van der Waals surface area contributed by atoms with Crippen LogP contribution < -0.4 is 10.9 Å². The molecule has 0 saturated heterocycles. The van der Waals surface area contributed by atoms with Crippen LogP contribution in [0.3, 0.4) is 0 Å². The zero-order valence-corrected chi connectivity index (χ0v) is 16.4. The van der Waals surface area contributed by atoms with E-state index in [1.165, 1.54) is 34.5 Å². The van der Waals surface area contributed by atoms with Crippen molar-refractivity contribution in [2.45, 2.75) is 26.3 Å². The summed E-state index contributed by atoms with van der Waals surface area (Å²) in [5, 5.41) is 10.9. The van der Waals surface area contributed by atoms with Crippen molar-refractivity contribution in [3.05, 3.63) is 94.0 Å². The molecule has 2 aromatic heterocycles. The SMILES string of the molecule is Cc1ccc(CNC(=O)CCc2nnc3c(=O)n(-c4cccc(F)c4)ccn23)cc1. The third-order valence-corrected chi connectivity index (χ3v) is 4.81. The van der Waals surface area contributed by atoms with E-state index in [-0.39, 0.29) is 18.0 Å². The van der Waals surface area contributed by atoms with Gasteiger partial charge >= 0.3 is 5.56 Å². The molecule has 152 valence electrons. The molecule has 0 unspecified atom stereocenters. The Kier molecular flexibility index (Phi) is 5.38. The maximum atomic E-state index is 13.5. The first kappa shape index (κ1) is 19.5. The summed E-state index contributed by atoms with van der Waals surface area (Å²) in [6, 6.07) is 13.7. The van der Waals surface area contributed by atoms with Crippen LogP contribution in [0.4, 0.5) is 4.39 Å². The quantitative estimate of drug-likeness (QED) is 0.535. The standard InChI is InChI=1S/C22H20FN5O2/c1-15-5-7-16(8-6-15)14-24-20(29)10-9-19-25-26-21-22(30)27(11-12-28(19)21)18-4-2-3-17(23)13-18/h2-8,11-13H,9-10,14H2,1H3,(H,24,29). The summed E-state index contributed by atoms with van der Waals surface area (Å²) in [6.45, 7) is 2.47. The van der Waals surface area contributed by atoms with Crippen LogP contribution in [0, 0.1) is 12.7 Å². The predicted octanol–water partition coefficient (Wildman–Crippen LogP) is 2.58. The Balaban J connectivity index is 1.45. The molecule has 0 aliphatic heterocycles. The molecule has 0 aliphatic carbocycles. The van der Waals surface area contributed by atoms with Gasteiger partial charge in [-0.1, -0.05) is 35.9 Å². The fraction of sp³-hybridized carbons (Fsp3) is 0.182. The summed E-state index contributed by atoms with van der Waals surface area (Å²) in [4.78, 5) is 24.9.